The molecule has 170 valence electrons. The van der Waals surface area contributed by atoms with Gasteiger partial charge >= 0.3 is 5.97 Å². The van der Waals surface area contributed by atoms with E-state index in [0.717, 1.165) is 11.3 Å². The van der Waals surface area contributed by atoms with Gasteiger partial charge in [-0.15, -0.1) is 0 Å². The summed E-state index contributed by atoms with van der Waals surface area (Å²) >= 11 is 5.68. The van der Waals surface area contributed by atoms with E-state index in [1.54, 1.807) is 42.6 Å². The highest BCUT2D eigenvalue weighted by Gasteiger charge is 2.43. The first kappa shape index (κ1) is 21.7. The average Bonchev–Trinajstić information content (AvgIpc) is 3.49. The van der Waals surface area contributed by atoms with Gasteiger partial charge < -0.3 is 24.5 Å². The lowest BCUT2D eigenvalue weighted by molar-refractivity contribution is 0.0601. The van der Waals surface area contributed by atoms with Crippen LogP contribution >= 0.6 is 12.2 Å². The zero-order valence-electron chi connectivity index (χ0n) is 18.2. The van der Waals surface area contributed by atoms with Gasteiger partial charge in [-0.05, 0) is 60.7 Å². The van der Waals surface area contributed by atoms with Crippen LogP contribution in [-0.2, 0) is 4.74 Å². The highest BCUT2D eigenvalue weighted by Crippen LogP contribution is 2.45. The molecule has 2 aromatic carbocycles. The molecule has 0 radical (unpaired) electrons. The van der Waals surface area contributed by atoms with Crippen LogP contribution in [0.15, 0.2) is 89.5 Å². The molecule has 8 heteroatoms. The number of para-hydroxylation sites is 2. The van der Waals surface area contributed by atoms with Crippen molar-refractivity contribution < 1.29 is 19.1 Å². The fraction of sp³-hybridized carbons (Fsp3) is 0.115. The predicted octanol–water partition coefficient (Wildman–Crippen LogP) is 5.01. The van der Waals surface area contributed by atoms with Crippen molar-refractivity contribution in [1.82, 2.24) is 10.3 Å². The molecule has 1 aliphatic heterocycles. The maximum Gasteiger partial charge on any atom is 0.337 e. The van der Waals surface area contributed by atoms with E-state index < -0.39 is 12.0 Å². The Labute approximate surface area is 201 Å². The molecule has 1 fully saturated rings. The van der Waals surface area contributed by atoms with Gasteiger partial charge in [-0.3, -0.25) is 4.98 Å². The summed E-state index contributed by atoms with van der Waals surface area (Å²) in [5.74, 6) is 0.913. The number of furan rings is 1. The van der Waals surface area contributed by atoms with Gasteiger partial charge in [0.15, 0.2) is 5.11 Å². The number of anilines is 1. The number of ether oxygens (including phenoxy) is 1. The third kappa shape index (κ3) is 3.88. The largest absolute Gasteiger partial charge is 0.506 e. The summed E-state index contributed by atoms with van der Waals surface area (Å²) < 4.78 is 11.1. The van der Waals surface area contributed by atoms with Crippen molar-refractivity contribution in [2.24, 2.45) is 0 Å². The van der Waals surface area contributed by atoms with Crippen LogP contribution in [-0.4, -0.2) is 28.3 Å². The molecule has 0 spiro atoms. The monoisotopic (exact) mass is 471 g/mol. The maximum absolute atomic E-state index is 12.0. The van der Waals surface area contributed by atoms with E-state index in [1.807, 2.05) is 47.4 Å². The standard InChI is InChI=1S/C26H21N3O4S/c1-32-25(31)17-8-6-7-16(15-17)21-12-13-22(33-21)24-23(18-9-4-5-14-27-18)28-26(34)29(24)19-10-2-3-11-20(19)30/h2-15,23-24,30H,1H3,(H,28,34)/t23-,24+/m1/s1. The van der Waals surface area contributed by atoms with Crippen LogP contribution in [0.4, 0.5) is 5.69 Å². The SMILES string of the molecule is COC(=O)c1cccc(-c2ccc([C@H]3[C@@H](c4ccccn4)NC(=S)N3c3ccccc3O)o2)c1. The lowest BCUT2D eigenvalue weighted by atomic mass is 10.0. The molecule has 1 saturated heterocycles. The summed E-state index contributed by atoms with van der Waals surface area (Å²) in [5.41, 5.74) is 2.53. The zero-order chi connectivity index (χ0) is 23.7. The van der Waals surface area contributed by atoms with Gasteiger partial charge in [0.1, 0.15) is 23.3 Å². The lowest BCUT2D eigenvalue weighted by Gasteiger charge is -2.26. The highest BCUT2D eigenvalue weighted by molar-refractivity contribution is 7.80. The number of hydrogen-bond acceptors (Lipinski definition) is 6. The third-order valence-electron chi connectivity index (χ3n) is 5.73. The Morgan fingerprint density at radius 3 is 2.68 bits per heavy atom. The van der Waals surface area contributed by atoms with Crippen LogP contribution in [0.1, 0.15) is 33.9 Å². The number of thiocarbonyl (C=S) groups is 1. The topological polar surface area (TPSA) is 87.8 Å². The van der Waals surface area contributed by atoms with E-state index in [1.165, 1.54) is 7.11 Å². The molecule has 2 atom stereocenters. The Kier molecular flexibility index (Phi) is 5.73. The number of pyridine rings is 1. The second-order valence-corrected chi connectivity index (χ2v) is 8.15. The fourth-order valence-corrected chi connectivity index (χ4v) is 4.49. The van der Waals surface area contributed by atoms with Crippen LogP contribution < -0.4 is 10.2 Å². The summed E-state index contributed by atoms with van der Waals surface area (Å²) in [6.45, 7) is 0. The van der Waals surface area contributed by atoms with Crippen molar-refractivity contribution in [1.29, 1.82) is 0 Å². The van der Waals surface area contributed by atoms with Gasteiger partial charge in [-0.25, -0.2) is 4.79 Å². The fourth-order valence-electron chi connectivity index (χ4n) is 4.16. The smallest absolute Gasteiger partial charge is 0.337 e. The Balaban J connectivity index is 1.59. The summed E-state index contributed by atoms with van der Waals surface area (Å²) in [5, 5.41) is 14.4. The number of hydrogen-bond donors (Lipinski definition) is 2. The number of carbonyl (C=O) groups is 1. The minimum absolute atomic E-state index is 0.107. The van der Waals surface area contributed by atoms with Gasteiger partial charge in [0.2, 0.25) is 0 Å². The molecular weight excluding hydrogens is 450 g/mol. The minimum Gasteiger partial charge on any atom is -0.506 e. The predicted molar refractivity (Wildman–Crippen MR) is 132 cm³/mol. The van der Waals surface area contributed by atoms with E-state index in [0.29, 0.717) is 27.9 Å². The molecule has 3 heterocycles. The van der Waals surface area contributed by atoms with E-state index in [2.05, 4.69) is 10.3 Å². The number of nitrogens with one attached hydrogen (secondary N) is 1. The molecule has 0 unspecified atom stereocenters. The Morgan fingerprint density at radius 1 is 1.09 bits per heavy atom. The first-order valence-corrected chi connectivity index (χ1v) is 11.0. The van der Waals surface area contributed by atoms with Gasteiger partial charge in [-0.1, -0.05) is 30.3 Å². The van der Waals surface area contributed by atoms with Gasteiger partial charge in [0, 0.05) is 11.8 Å². The quantitative estimate of drug-likeness (QED) is 0.310. The molecule has 2 N–H and O–H groups in total. The first-order chi connectivity index (χ1) is 16.6. The Bertz CT molecular complexity index is 1350. The maximum atomic E-state index is 12.0. The Hall–Kier alpha value is -4.17. The second-order valence-electron chi connectivity index (χ2n) is 7.76. The highest BCUT2D eigenvalue weighted by atomic mass is 32.1. The molecule has 0 aliphatic carbocycles. The Morgan fingerprint density at radius 2 is 1.91 bits per heavy atom. The summed E-state index contributed by atoms with van der Waals surface area (Å²) in [6.07, 6.45) is 1.73. The molecule has 0 saturated carbocycles. The normalized spacial score (nSPS) is 17.4. The van der Waals surface area contributed by atoms with Crippen LogP contribution in [0, 0.1) is 0 Å². The van der Waals surface area contributed by atoms with Gasteiger partial charge in [0.05, 0.1) is 30.1 Å². The van der Waals surface area contributed by atoms with E-state index in [4.69, 9.17) is 21.4 Å². The van der Waals surface area contributed by atoms with Crippen LogP contribution in [0.25, 0.3) is 11.3 Å². The van der Waals surface area contributed by atoms with Crippen LogP contribution in [0.2, 0.25) is 0 Å². The van der Waals surface area contributed by atoms with Crippen molar-refractivity contribution in [2.45, 2.75) is 12.1 Å². The number of phenols is 1. The molecule has 5 rings (SSSR count). The number of nitrogens with zero attached hydrogens (tertiary/aromatic N) is 2. The minimum atomic E-state index is -0.417. The molecule has 0 bridgehead atoms. The number of carbonyl (C=O) groups excluding carboxylic acids is 1. The number of methoxy groups -OCH3 is 1. The second kappa shape index (κ2) is 8.99. The van der Waals surface area contributed by atoms with Crippen molar-refractivity contribution in [3.63, 3.8) is 0 Å². The van der Waals surface area contributed by atoms with Gasteiger partial charge in [0.25, 0.3) is 0 Å². The number of aromatic hydroxyl groups is 1. The lowest BCUT2D eigenvalue weighted by Crippen LogP contribution is -2.29. The zero-order valence-corrected chi connectivity index (χ0v) is 19.0. The average molecular weight is 472 g/mol. The number of phenolic OH excluding ortho intramolecular Hbond substituents is 1. The molecule has 2 aromatic heterocycles. The van der Waals surface area contributed by atoms with Crippen molar-refractivity contribution in [2.75, 3.05) is 12.0 Å². The number of esters is 1. The summed E-state index contributed by atoms with van der Waals surface area (Å²) in [7, 11) is 1.35. The summed E-state index contributed by atoms with van der Waals surface area (Å²) in [6, 6.07) is 22.8. The molecule has 4 aromatic rings. The van der Waals surface area contributed by atoms with Crippen molar-refractivity contribution >= 4 is 29.0 Å². The van der Waals surface area contributed by atoms with E-state index in [9.17, 15) is 9.90 Å². The first-order valence-electron chi connectivity index (χ1n) is 10.6. The molecule has 0 amide bonds. The van der Waals surface area contributed by atoms with E-state index >= 15 is 0 Å². The number of aromatic nitrogens is 1. The summed E-state index contributed by atoms with van der Waals surface area (Å²) in [4.78, 5) is 18.3. The number of rotatable bonds is 5. The molecule has 34 heavy (non-hydrogen) atoms. The molecule has 1 aliphatic rings. The van der Waals surface area contributed by atoms with Crippen LogP contribution in [0.3, 0.4) is 0 Å². The third-order valence-corrected chi connectivity index (χ3v) is 6.04. The van der Waals surface area contributed by atoms with Crippen molar-refractivity contribution in [3.8, 4) is 17.1 Å². The van der Waals surface area contributed by atoms with Crippen LogP contribution in [0.5, 0.6) is 5.75 Å². The molecule has 7 nitrogen and oxygen atoms in total. The van der Waals surface area contributed by atoms with Crippen molar-refractivity contribution in [3.05, 3.63) is 102 Å². The molecular formula is C26H21N3O4S. The number of benzene rings is 2. The van der Waals surface area contributed by atoms with E-state index in [-0.39, 0.29) is 11.8 Å². The van der Waals surface area contributed by atoms with Gasteiger partial charge in [-0.2, -0.15) is 0 Å².